The second-order valence-corrected chi connectivity index (χ2v) is 4.38. The van der Waals surface area contributed by atoms with Gasteiger partial charge in [-0.1, -0.05) is 0 Å². The summed E-state index contributed by atoms with van der Waals surface area (Å²) in [6.45, 7) is 0.977. The number of ether oxygens (including phenoxy) is 1. The Labute approximate surface area is 109 Å². The molecule has 0 radical (unpaired) electrons. The average molecular weight is 263 g/mol. The number of carbonyl (C=O) groups is 1. The monoisotopic (exact) mass is 263 g/mol. The van der Waals surface area contributed by atoms with Gasteiger partial charge in [0.15, 0.2) is 0 Å². The number of amides is 1. The molecule has 0 fully saturated rings. The molecule has 94 valence electrons. The topological polar surface area (TPSA) is 64.1 Å². The van der Waals surface area contributed by atoms with Crippen molar-refractivity contribution in [3.63, 3.8) is 0 Å². The van der Waals surface area contributed by atoms with E-state index in [2.05, 4.69) is 15.3 Å². The predicted molar refractivity (Wildman–Crippen MR) is 69.6 cm³/mol. The van der Waals surface area contributed by atoms with Gasteiger partial charge in [-0.25, -0.2) is 4.98 Å². The molecule has 6 heteroatoms. The number of methoxy groups -OCH3 is 1. The Hall–Kier alpha value is -1.79. The summed E-state index contributed by atoms with van der Waals surface area (Å²) >= 11 is 1.44. The molecule has 2 rings (SSSR count). The average Bonchev–Trinajstić information content (AvgIpc) is 2.89. The van der Waals surface area contributed by atoms with E-state index < -0.39 is 0 Å². The predicted octanol–water partition coefficient (Wildman–Crippen LogP) is 1.58. The van der Waals surface area contributed by atoms with Crippen LogP contribution in [0.15, 0.2) is 29.9 Å². The Balaban J connectivity index is 2.04. The van der Waals surface area contributed by atoms with Gasteiger partial charge in [0, 0.05) is 37.0 Å². The second kappa shape index (κ2) is 6.23. The highest BCUT2D eigenvalue weighted by molar-refractivity contribution is 7.13. The van der Waals surface area contributed by atoms with Crippen molar-refractivity contribution in [3.05, 3.63) is 35.6 Å². The number of thiazole rings is 1. The van der Waals surface area contributed by atoms with E-state index in [1.54, 1.807) is 24.9 Å². The van der Waals surface area contributed by atoms with Gasteiger partial charge >= 0.3 is 0 Å². The van der Waals surface area contributed by atoms with Crippen molar-refractivity contribution in [3.8, 4) is 10.6 Å². The zero-order valence-corrected chi connectivity index (χ0v) is 10.7. The maximum absolute atomic E-state index is 11.7. The van der Waals surface area contributed by atoms with Gasteiger partial charge in [-0.05, 0) is 12.1 Å². The van der Waals surface area contributed by atoms with Gasteiger partial charge in [-0.15, -0.1) is 11.3 Å². The third-order valence-corrected chi connectivity index (χ3v) is 3.15. The Kier molecular flexibility index (Phi) is 4.38. The molecular weight excluding hydrogens is 250 g/mol. The van der Waals surface area contributed by atoms with Crippen LogP contribution >= 0.6 is 11.3 Å². The Bertz CT molecular complexity index is 513. The van der Waals surface area contributed by atoms with E-state index in [1.807, 2.05) is 12.1 Å². The number of aromatic nitrogens is 2. The lowest BCUT2D eigenvalue weighted by molar-refractivity contribution is 0.0933. The summed E-state index contributed by atoms with van der Waals surface area (Å²) in [5, 5.41) is 5.29. The first kappa shape index (κ1) is 12.7. The Morgan fingerprint density at radius 1 is 1.44 bits per heavy atom. The fourth-order valence-electron chi connectivity index (χ4n) is 1.36. The van der Waals surface area contributed by atoms with Crippen molar-refractivity contribution in [1.29, 1.82) is 0 Å². The van der Waals surface area contributed by atoms with E-state index in [0.29, 0.717) is 18.8 Å². The van der Waals surface area contributed by atoms with Crippen LogP contribution < -0.4 is 5.32 Å². The molecule has 0 unspecified atom stereocenters. The van der Waals surface area contributed by atoms with E-state index in [-0.39, 0.29) is 5.91 Å². The Morgan fingerprint density at radius 2 is 2.22 bits per heavy atom. The van der Waals surface area contributed by atoms with Crippen LogP contribution in [-0.2, 0) is 4.74 Å². The lowest BCUT2D eigenvalue weighted by atomic mass is 10.3. The molecule has 5 nitrogen and oxygen atoms in total. The number of pyridine rings is 1. The zero-order valence-electron chi connectivity index (χ0n) is 9.92. The molecule has 0 bridgehead atoms. The normalized spacial score (nSPS) is 10.3. The molecule has 0 aliphatic carbocycles. The van der Waals surface area contributed by atoms with Crippen LogP contribution in [0.25, 0.3) is 10.6 Å². The van der Waals surface area contributed by atoms with Crippen molar-refractivity contribution >= 4 is 17.2 Å². The van der Waals surface area contributed by atoms with E-state index in [0.717, 1.165) is 10.6 Å². The first-order chi connectivity index (χ1) is 8.81. The Morgan fingerprint density at radius 3 is 2.94 bits per heavy atom. The van der Waals surface area contributed by atoms with Crippen LogP contribution in [0.4, 0.5) is 0 Å². The highest BCUT2D eigenvalue weighted by Crippen LogP contribution is 2.22. The molecule has 1 amide bonds. The van der Waals surface area contributed by atoms with Crippen LogP contribution in [-0.4, -0.2) is 36.1 Å². The molecule has 18 heavy (non-hydrogen) atoms. The molecule has 0 atom stereocenters. The van der Waals surface area contributed by atoms with Gasteiger partial charge in [0.05, 0.1) is 6.61 Å². The van der Waals surface area contributed by atoms with Gasteiger partial charge in [0.2, 0.25) is 0 Å². The largest absolute Gasteiger partial charge is 0.383 e. The fourth-order valence-corrected chi connectivity index (χ4v) is 2.17. The quantitative estimate of drug-likeness (QED) is 0.832. The van der Waals surface area contributed by atoms with Crippen molar-refractivity contribution in [1.82, 2.24) is 15.3 Å². The summed E-state index contributed by atoms with van der Waals surface area (Å²) in [6.07, 6.45) is 3.41. The van der Waals surface area contributed by atoms with Crippen LogP contribution in [0.3, 0.4) is 0 Å². The molecule has 2 heterocycles. The number of hydrogen-bond donors (Lipinski definition) is 1. The van der Waals surface area contributed by atoms with Crippen molar-refractivity contribution < 1.29 is 9.53 Å². The van der Waals surface area contributed by atoms with Gasteiger partial charge < -0.3 is 10.1 Å². The number of nitrogens with zero attached hydrogens (tertiary/aromatic N) is 2. The molecule has 0 aliphatic rings. The molecule has 2 aromatic rings. The first-order valence-electron chi connectivity index (χ1n) is 5.44. The van der Waals surface area contributed by atoms with Crippen molar-refractivity contribution in [2.45, 2.75) is 0 Å². The minimum atomic E-state index is -0.177. The maximum Gasteiger partial charge on any atom is 0.270 e. The molecule has 0 spiro atoms. The highest BCUT2D eigenvalue weighted by atomic mass is 32.1. The number of nitrogens with one attached hydrogen (secondary N) is 1. The molecule has 0 aromatic carbocycles. The number of hydrogen-bond acceptors (Lipinski definition) is 5. The van der Waals surface area contributed by atoms with Gasteiger partial charge in [0.25, 0.3) is 5.91 Å². The van der Waals surface area contributed by atoms with Crippen molar-refractivity contribution in [2.24, 2.45) is 0 Å². The lowest BCUT2D eigenvalue weighted by Gasteiger charge is -2.01. The first-order valence-corrected chi connectivity index (χ1v) is 6.32. The summed E-state index contributed by atoms with van der Waals surface area (Å²) in [7, 11) is 1.59. The maximum atomic E-state index is 11.7. The summed E-state index contributed by atoms with van der Waals surface area (Å²) in [4.78, 5) is 20.0. The minimum absolute atomic E-state index is 0.177. The summed E-state index contributed by atoms with van der Waals surface area (Å²) in [6, 6.07) is 3.73. The van der Waals surface area contributed by atoms with E-state index in [1.165, 1.54) is 11.3 Å². The fraction of sp³-hybridized carbons (Fsp3) is 0.250. The number of rotatable bonds is 5. The second-order valence-electron chi connectivity index (χ2n) is 3.52. The van der Waals surface area contributed by atoms with Gasteiger partial charge in [-0.2, -0.15) is 0 Å². The third kappa shape index (κ3) is 3.12. The highest BCUT2D eigenvalue weighted by Gasteiger charge is 2.10. The molecule has 0 saturated carbocycles. The van der Waals surface area contributed by atoms with Gasteiger partial charge in [0.1, 0.15) is 10.7 Å². The van der Waals surface area contributed by atoms with E-state index in [4.69, 9.17) is 4.74 Å². The molecule has 2 aromatic heterocycles. The molecule has 1 N–H and O–H groups in total. The van der Waals surface area contributed by atoms with E-state index >= 15 is 0 Å². The minimum Gasteiger partial charge on any atom is -0.383 e. The summed E-state index contributed by atoms with van der Waals surface area (Å²) < 4.78 is 4.86. The van der Waals surface area contributed by atoms with Crippen LogP contribution in [0.1, 0.15) is 10.5 Å². The van der Waals surface area contributed by atoms with Crippen molar-refractivity contribution in [2.75, 3.05) is 20.3 Å². The lowest BCUT2D eigenvalue weighted by Crippen LogP contribution is -2.27. The van der Waals surface area contributed by atoms with Crippen LogP contribution in [0.2, 0.25) is 0 Å². The smallest absolute Gasteiger partial charge is 0.270 e. The summed E-state index contributed by atoms with van der Waals surface area (Å²) in [5.74, 6) is -0.177. The summed E-state index contributed by atoms with van der Waals surface area (Å²) in [5.41, 5.74) is 1.40. The SMILES string of the molecule is COCCNC(=O)c1csc(-c2ccncc2)n1. The molecular formula is C12H13N3O2S. The van der Waals surface area contributed by atoms with Gasteiger partial charge in [-0.3, -0.25) is 9.78 Å². The molecule has 0 saturated heterocycles. The van der Waals surface area contributed by atoms with Crippen LogP contribution in [0.5, 0.6) is 0 Å². The third-order valence-electron chi connectivity index (χ3n) is 2.26. The molecule has 0 aliphatic heterocycles. The zero-order chi connectivity index (χ0) is 12.8. The van der Waals surface area contributed by atoms with E-state index in [9.17, 15) is 4.79 Å². The standard InChI is InChI=1S/C12H13N3O2S/c1-17-7-6-14-11(16)10-8-18-12(15-10)9-2-4-13-5-3-9/h2-5,8H,6-7H2,1H3,(H,14,16). The van der Waals surface area contributed by atoms with Crippen LogP contribution in [0, 0.1) is 0 Å². The number of carbonyl (C=O) groups excluding carboxylic acids is 1.